The first-order valence-corrected chi connectivity index (χ1v) is 7.64. The summed E-state index contributed by atoms with van der Waals surface area (Å²) in [6, 6.07) is 0. The normalized spacial score (nSPS) is 11.9. The number of nitrogens with zero attached hydrogens (tertiary/aromatic N) is 2. The summed E-state index contributed by atoms with van der Waals surface area (Å²) < 4.78 is 0. The van der Waals surface area contributed by atoms with Crippen LogP contribution in [0.2, 0.25) is 0 Å². The fourth-order valence-electron chi connectivity index (χ4n) is 1.74. The van der Waals surface area contributed by atoms with E-state index in [1.807, 2.05) is 18.4 Å². The lowest BCUT2D eigenvalue weighted by atomic mass is 10.0. The van der Waals surface area contributed by atoms with Gasteiger partial charge in [-0.05, 0) is 33.7 Å². The van der Waals surface area contributed by atoms with Gasteiger partial charge in [-0.1, -0.05) is 20.3 Å². The number of hydrogen-bond donors (Lipinski definition) is 1. The Morgan fingerprint density at radius 3 is 2.50 bits per heavy atom. The third-order valence-electron chi connectivity index (χ3n) is 3.65. The molecule has 3 nitrogen and oxygen atoms in total. The molecule has 0 spiro atoms. The van der Waals surface area contributed by atoms with Crippen molar-refractivity contribution < 1.29 is 0 Å². The molecule has 0 atom stereocenters. The van der Waals surface area contributed by atoms with Gasteiger partial charge in [-0.25, -0.2) is 4.98 Å². The molecule has 0 amide bonds. The van der Waals surface area contributed by atoms with Crippen LogP contribution in [0.4, 0.5) is 5.13 Å². The van der Waals surface area contributed by atoms with E-state index in [1.165, 1.54) is 10.6 Å². The summed E-state index contributed by atoms with van der Waals surface area (Å²) in [5.74, 6) is 0. The van der Waals surface area contributed by atoms with E-state index < -0.39 is 0 Å². The van der Waals surface area contributed by atoms with Crippen LogP contribution >= 0.6 is 11.3 Å². The minimum Gasteiger partial charge on any atom is -0.346 e. The van der Waals surface area contributed by atoms with Crippen molar-refractivity contribution in [1.82, 2.24) is 10.3 Å². The number of nitrogens with one attached hydrogen (secondary N) is 1. The van der Waals surface area contributed by atoms with Crippen LogP contribution in [-0.2, 0) is 13.0 Å². The molecule has 0 unspecified atom stereocenters. The average Bonchev–Trinajstić information content (AvgIpc) is 2.72. The van der Waals surface area contributed by atoms with Crippen molar-refractivity contribution in [2.24, 2.45) is 0 Å². The van der Waals surface area contributed by atoms with Crippen molar-refractivity contribution in [3.05, 3.63) is 10.6 Å². The van der Waals surface area contributed by atoms with Gasteiger partial charge in [0.2, 0.25) is 0 Å². The SMILES string of the molecule is CCCc1nc(N(C)C(C)(C)CC)sc1CNC. The molecule has 1 aromatic heterocycles. The van der Waals surface area contributed by atoms with Gasteiger partial charge in [0.1, 0.15) is 0 Å². The highest BCUT2D eigenvalue weighted by molar-refractivity contribution is 7.15. The van der Waals surface area contributed by atoms with Gasteiger partial charge in [-0.2, -0.15) is 0 Å². The number of rotatable bonds is 7. The van der Waals surface area contributed by atoms with Gasteiger partial charge < -0.3 is 10.2 Å². The second-order valence-corrected chi connectivity index (χ2v) is 6.43. The van der Waals surface area contributed by atoms with Crippen LogP contribution < -0.4 is 10.2 Å². The highest BCUT2D eigenvalue weighted by Crippen LogP contribution is 2.31. The lowest BCUT2D eigenvalue weighted by molar-refractivity contribution is 0.470. The Balaban J connectivity index is 2.99. The maximum atomic E-state index is 4.84. The van der Waals surface area contributed by atoms with Crippen LogP contribution in [0, 0.1) is 0 Å². The minimum absolute atomic E-state index is 0.165. The predicted octanol–water partition coefficient (Wildman–Crippen LogP) is 3.44. The average molecular weight is 269 g/mol. The molecule has 1 heterocycles. The molecule has 4 heteroatoms. The molecule has 0 fully saturated rings. The second-order valence-electron chi connectivity index (χ2n) is 5.37. The minimum atomic E-state index is 0.165. The first kappa shape index (κ1) is 15.4. The van der Waals surface area contributed by atoms with Crippen LogP contribution in [0.3, 0.4) is 0 Å². The van der Waals surface area contributed by atoms with E-state index in [-0.39, 0.29) is 5.54 Å². The summed E-state index contributed by atoms with van der Waals surface area (Å²) in [5, 5.41) is 4.39. The Morgan fingerprint density at radius 2 is 2.00 bits per heavy atom. The Labute approximate surface area is 116 Å². The summed E-state index contributed by atoms with van der Waals surface area (Å²) >= 11 is 1.83. The van der Waals surface area contributed by atoms with Gasteiger partial charge in [-0.3, -0.25) is 0 Å². The first-order valence-electron chi connectivity index (χ1n) is 6.83. The van der Waals surface area contributed by atoms with Gasteiger partial charge in [0.05, 0.1) is 5.69 Å². The third kappa shape index (κ3) is 3.45. The van der Waals surface area contributed by atoms with Crippen LogP contribution in [0.15, 0.2) is 0 Å². The summed E-state index contributed by atoms with van der Waals surface area (Å²) in [5.41, 5.74) is 1.43. The number of aromatic nitrogens is 1. The number of aryl methyl sites for hydroxylation is 1. The van der Waals surface area contributed by atoms with Crippen molar-refractivity contribution in [3.63, 3.8) is 0 Å². The molecule has 0 bridgehead atoms. The number of thiazole rings is 1. The third-order valence-corrected chi connectivity index (χ3v) is 4.83. The van der Waals surface area contributed by atoms with Crippen molar-refractivity contribution in [3.8, 4) is 0 Å². The highest BCUT2D eigenvalue weighted by atomic mass is 32.1. The van der Waals surface area contributed by atoms with Crippen molar-refractivity contribution in [2.75, 3.05) is 19.0 Å². The van der Waals surface area contributed by atoms with Crippen molar-refractivity contribution >= 4 is 16.5 Å². The second kappa shape index (κ2) is 6.53. The van der Waals surface area contributed by atoms with E-state index in [2.05, 4.69) is 45.0 Å². The van der Waals surface area contributed by atoms with Gasteiger partial charge in [0.25, 0.3) is 0 Å². The van der Waals surface area contributed by atoms with Gasteiger partial charge in [0.15, 0.2) is 5.13 Å². The van der Waals surface area contributed by atoms with Crippen molar-refractivity contribution in [1.29, 1.82) is 0 Å². The molecule has 0 saturated carbocycles. The van der Waals surface area contributed by atoms with Crippen LogP contribution in [0.5, 0.6) is 0 Å². The summed E-state index contributed by atoms with van der Waals surface area (Å²) in [6.07, 6.45) is 3.35. The molecule has 1 N–H and O–H groups in total. The maximum Gasteiger partial charge on any atom is 0.186 e. The Morgan fingerprint density at radius 1 is 1.33 bits per heavy atom. The summed E-state index contributed by atoms with van der Waals surface area (Å²) in [4.78, 5) is 8.54. The zero-order chi connectivity index (χ0) is 13.8. The van der Waals surface area contributed by atoms with E-state index in [0.717, 1.165) is 30.9 Å². The van der Waals surface area contributed by atoms with Gasteiger partial charge in [-0.15, -0.1) is 11.3 Å². The molecule has 0 aliphatic rings. The number of hydrogen-bond acceptors (Lipinski definition) is 4. The quantitative estimate of drug-likeness (QED) is 0.822. The highest BCUT2D eigenvalue weighted by Gasteiger charge is 2.24. The monoisotopic (exact) mass is 269 g/mol. The first-order chi connectivity index (χ1) is 8.46. The molecule has 104 valence electrons. The predicted molar refractivity (Wildman–Crippen MR) is 81.6 cm³/mol. The molecular formula is C14H27N3S. The van der Waals surface area contributed by atoms with E-state index in [0.29, 0.717) is 0 Å². The zero-order valence-corrected chi connectivity index (χ0v) is 13.4. The fourth-order valence-corrected chi connectivity index (χ4v) is 2.98. The smallest absolute Gasteiger partial charge is 0.186 e. The molecule has 0 saturated heterocycles. The molecule has 0 aliphatic carbocycles. The molecule has 0 aliphatic heterocycles. The molecule has 1 aromatic rings. The Bertz CT molecular complexity index is 348. The van der Waals surface area contributed by atoms with Crippen LogP contribution in [0.1, 0.15) is 51.1 Å². The van der Waals surface area contributed by atoms with E-state index in [9.17, 15) is 0 Å². The van der Waals surface area contributed by atoms with E-state index >= 15 is 0 Å². The molecule has 0 aromatic carbocycles. The van der Waals surface area contributed by atoms with Crippen LogP contribution in [-0.4, -0.2) is 24.6 Å². The largest absolute Gasteiger partial charge is 0.346 e. The fraction of sp³-hybridized carbons (Fsp3) is 0.786. The zero-order valence-electron chi connectivity index (χ0n) is 12.6. The van der Waals surface area contributed by atoms with E-state index in [1.54, 1.807) is 0 Å². The standard InChI is InChI=1S/C14H27N3S/c1-7-9-11-12(10-15-5)18-13(16-11)17(6)14(3,4)8-2/h15H,7-10H2,1-6H3. The van der Waals surface area contributed by atoms with E-state index in [4.69, 9.17) is 4.98 Å². The van der Waals surface area contributed by atoms with Gasteiger partial charge >= 0.3 is 0 Å². The summed E-state index contributed by atoms with van der Waals surface area (Å²) in [6.45, 7) is 9.90. The topological polar surface area (TPSA) is 28.2 Å². The Hall–Kier alpha value is -0.610. The molecule has 1 rings (SSSR count). The maximum absolute atomic E-state index is 4.84. The molecule has 18 heavy (non-hydrogen) atoms. The molecular weight excluding hydrogens is 242 g/mol. The van der Waals surface area contributed by atoms with Crippen molar-refractivity contribution in [2.45, 2.75) is 59.0 Å². The van der Waals surface area contributed by atoms with Crippen LogP contribution in [0.25, 0.3) is 0 Å². The lowest BCUT2D eigenvalue weighted by Gasteiger charge is -2.34. The number of anilines is 1. The van der Waals surface area contributed by atoms with Gasteiger partial charge in [0, 0.05) is 24.0 Å². The summed E-state index contributed by atoms with van der Waals surface area (Å²) in [7, 11) is 4.15. The molecule has 0 radical (unpaired) electrons. The lowest BCUT2D eigenvalue weighted by Crippen LogP contribution is -2.40. The Kier molecular flexibility index (Phi) is 5.60.